The Balaban J connectivity index is 1.87. The van der Waals surface area contributed by atoms with E-state index in [0.717, 1.165) is 27.9 Å². The van der Waals surface area contributed by atoms with Crippen molar-refractivity contribution in [1.82, 2.24) is 19.8 Å². The van der Waals surface area contributed by atoms with Gasteiger partial charge in [-0.15, -0.1) is 0 Å². The first-order valence-electron chi connectivity index (χ1n) is 9.93. The van der Waals surface area contributed by atoms with Gasteiger partial charge in [0.1, 0.15) is 0 Å². The molecule has 3 aromatic rings. The van der Waals surface area contributed by atoms with E-state index >= 15 is 0 Å². The SMILES string of the molecule is Cc1cc([C@@H]2[C@@H](c3ccccn3)NC(=S)N2C(C)C)c(C)n1-c1ccc(Cl)cc1Cl. The summed E-state index contributed by atoms with van der Waals surface area (Å²) in [4.78, 5) is 6.88. The number of benzene rings is 1. The number of nitrogens with one attached hydrogen (secondary N) is 1. The van der Waals surface area contributed by atoms with Crippen molar-refractivity contribution >= 4 is 40.5 Å². The molecule has 4 rings (SSSR count). The molecule has 1 saturated heterocycles. The summed E-state index contributed by atoms with van der Waals surface area (Å²) in [6, 6.07) is 14.1. The van der Waals surface area contributed by atoms with Crippen molar-refractivity contribution in [2.45, 2.75) is 45.8 Å². The Hall–Kier alpha value is -2.08. The third-order valence-electron chi connectivity index (χ3n) is 5.63. The molecule has 30 heavy (non-hydrogen) atoms. The number of thiocarbonyl (C=S) groups is 1. The zero-order valence-corrected chi connectivity index (χ0v) is 19.7. The molecular weight excluding hydrogens is 435 g/mol. The van der Waals surface area contributed by atoms with Crippen LogP contribution >= 0.6 is 35.4 Å². The number of rotatable bonds is 4. The van der Waals surface area contributed by atoms with Gasteiger partial charge in [0, 0.05) is 28.6 Å². The monoisotopic (exact) mass is 458 g/mol. The van der Waals surface area contributed by atoms with Crippen molar-refractivity contribution < 1.29 is 0 Å². The normalized spacial score (nSPS) is 18.9. The number of pyridine rings is 1. The van der Waals surface area contributed by atoms with Crippen molar-refractivity contribution in [3.05, 3.63) is 81.4 Å². The van der Waals surface area contributed by atoms with E-state index < -0.39 is 0 Å². The number of halogens is 2. The van der Waals surface area contributed by atoms with Crippen LogP contribution in [0.4, 0.5) is 0 Å². The molecule has 0 unspecified atom stereocenters. The Morgan fingerprint density at radius 2 is 1.87 bits per heavy atom. The fraction of sp³-hybridized carbons (Fsp3) is 0.304. The van der Waals surface area contributed by atoms with E-state index in [4.69, 9.17) is 35.4 Å². The first kappa shape index (κ1) is 21.2. The van der Waals surface area contributed by atoms with Gasteiger partial charge in [0.05, 0.1) is 28.5 Å². The van der Waals surface area contributed by atoms with Gasteiger partial charge in [-0.25, -0.2) is 0 Å². The number of nitrogens with zero attached hydrogens (tertiary/aromatic N) is 3. The van der Waals surface area contributed by atoms with Gasteiger partial charge >= 0.3 is 0 Å². The zero-order chi connectivity index (χ0) is 21.6. The second kappa shape index (κ2) is 8.22. The van der Waals surface area contributed by atoms with Crippen molar-refractivity contribution in [3.63, 3.8) is 0 Å². The second-order valence-electron chi connectivity index (χ2n) is 7.89. The highest BCUT2D eigenvalue weighted by Crippen LogP contribution is 2.42. The van der Waals surface area contributed by atoms with Crippen LogP contribution in [0.3, 0.4) is 0 Å². The molecule has 1 aromatic carbocycles. The molecule has 1 fully saturated rings. The van der Waals surface area contributed by atoms with Gasteiger partial charge in [-0.2, -0.15) is 0 Å². The van der Waals surface area contributed by atoms with Gasteiger partial charge < -0.3 is 14.8 Å². The van der Waals surface area contributed by atoms with Crippen molar-refractivity contribution in [1.29, 1.82) is 0 Å². The summed E-state index contributed by atoms with van der Waals surface area (Å²) in [5.41, 5.74) is 5.33. The van der Waals surface area contributed by atoms with Gasteiger partial charge in [-0.1, -0.05) is 29.3 Å². The third-order valence-corrected chi connectivity index (χ3v) is 6.50. The maximum absolute atomic E-state index is 6.54. The lowest BCUT2D eigenvalue weighted by atomic mass is 9.96. The molecule has 156 valence electrons. The van der Waals surface area contributed by atoms with Crippen LogP contribution in [0.1, 0.15) is 48.6 Å². The molecule has 0 aliphatic carbocycles. The van der Waals surface area contributed by atoms with Crippen molar-refractivity contribution in [3.8, 4) is 5.69 Å². The van der Waals surface area contributed by atoms with Crippen LogP contribution < -0.4 is 5.32 Å². The minimum absolute atomic E-state index is 0.0263. The average Bonchev–Trinajstić information content (AvgIpc) is 3.19. The lowest BCUT2D eigenvalue weighted by Crippen LogP contribution is -2.35. The van der Waals surface area contributed by atoms with E-state index in [1.165, 1.54) is 5.56 Å². The summed E-state index contributed by atoms with van der Waals surface area (Å²) >= 11 is 18.4. The lowest BCUT2D eigenvalue weighted by molar-refractivity contribution is 0.269. The Kier molecular flexibility index (Phi) is 5.80. The van der Waals surface area contributed by atoms with Crippen LogP contribution in [-0.2, 0) is 0 Å². The van der Waals surface area contributed by atoms with Crippen LogP contribution in [0.15, 0.2) is 48.7 Å². The summed E-state index contributed by atoms with van der Waals surface area (Å²) in [5.74, 6) is 0. The largest absolute Gasteiger partial charge is 0.352 e. The van der Waals surface area contributed by atoms with Crippen LogP contribution in [0.2, 0.25) is 10.0 Å². The molecule has 0 amide bonds. The predicted molar refractivity (Wildman–Crippen MR) is 128 cm³/mol. The Labute approximate surface area is 192 Å². The molecule has 0 radical (unpaired) electrons. The number of hydrogen-bond donors (Lipinski definition) is 1. The maximum Gasteiger partial charge on any atom is 0.170 e. The van der Waals surface area contributed by atoms with Crippen molar-refractivity contribution in [2.75, 3.05) is 0 Å². The lowest BCUT2D eigenvalue weighted by Gasteiger charge is -2.31. The van der Waals surface area contributed by atoms with Gasteiger partial charge in [0.25, 0.3) is 0 Å². The predicted octanol–water partition coefficient (Wildman–Crippen LogP) is 6.18. The zero-order valence-electron chi connectivity index (χ0n) is 17.4. The van der Waals surface area contributed by atoms with Gasteiger partial charge in [0.2, 0.25) is 0 Å². The summed E-state index contributed by atoms with van der Waals surface area (Å²) in [7, 11) is 0. The Morgan fingerprint density at radius 3 is 2.50 bits per heavy atom. The van der Waals surface area contributed by atoms with Crippen LogP contribution in [0, 0.1) is 13.8 Å². The first-order valence-corrected chi connectivity index (χ1v) is 11.1. The quantitative estimate of drug-likeness (QED) is 0.473. The van der Waals surface area contributed by atoms with E-state index in [1.54, 1.807) is 6.07 Å². The number of hydrogen-bond acceptors (Lipinski definition) is 2. The summed E-state index contributed by atoms with van der Waals surface area (Å²) in [5, 5.41) is 5.50. The van der Waals surface area contributed by atoms with Crippen LogP contribution in [0.5, 0.6) is 0 Å². The molecule has 7 heteroatoms. The van der Waals surface area contributed by atoms with Crippen molar-refractivity contribution in [2.24, 2.45) is 0 Å². The van der Waals surface area contributed by atoms with E-state index in [1.807, 2.05) is 36.5 Å². The highest BCUT2D eigenvalue weighted by molar-refractivity contribution is 7.80. The summed E-state index contributed by atoms with van der Waals surface area (Å²) in [6.07, 6.45) is 1.83. The van der Waals surface area contributed by atoms with Gasteiger partial charge in [-0.3, -0.25) is 4.98 Å². The highest BCUT2D eigenvalue weighted by Gasteiger charge is 2.42. The molecule has 1 aliphatic rings. The Bertz CT molecular complexity index is 1090. The number of aromatic nitrogens is 2. The fourth-order valence-corrected chi connectivity index (χ4v) is 5.32. The smallest absolute Gasteiger partial charge is 0.170 e. The molecule has 0 bridgehead atoms. The summed E-state index contributed by atoms with van der Waals surface area (Å²) < 4.78 is 2.18. The molecule has 1 aliphatic heterocycles. The maximum atomic E-state index is 6.54. The van der Waals surface area contributed by atoms with Gasteiger partial charge in [0.15, 0.2) is 5.11 Å². The van der Waals surface area contributed by atoms with E-state index in [9.17, 15) is 0 Å². The van der Waals surface area contributed by atoms with E-state index in [2.05, 4.69) is 53.5 Å². The second-order valence-corrected chi connectivity index (χ2v) is 9.12. The standard InChI is InChI=1S/C23H24Cl2N4S/c1-13(2)28-22(21(27-23(28)30)19-7-5-6-10-26-19)17-11-14(3)29(15(17)4)20-9-8-16(24)12-18(20)25/h5-13,21-22H,1-4H3,(H,27,30)/t21-,22-/m1/s1. The highest BCUT2D eigenvalue weighted by atomic mass is 35.5. The van der Waals surface area contributed by atoms with Crippen LogP contribution in [0.25, 0.3) is 5.69 Å². The molecule has 3 heterocycles. The molecule has 0 saturated carbocycles. The molecule has 0 spiro atoms. The fourth-order valence-electron chi connectivity index (χ4n) is 4.37. The van der Waals surface area contributed by atoms with E-state index in [0.29, 0.717) is 10.0 Å². The minimum atomic E-state index is -0.0317. The topological polar surface area (TPSA) is 33.1 Å². The molecule has 2 aromatic heterocycles. The third kappa shape index (κ3) is 3.59. The molecular formula is C23H24Cl2N4S. The Morgan fingerprint density at radius 1 is 1.10 bits per heavy atom. The molecule has 4 nitrogen and oxygen atoms in total. The minimum Gasteiger partial charge on any atom is -0.352 e. The molecule has 1 N–H and O–H groups in total. The van der Waals surface area contributed by atoms with Crippen LogP contribution in [-0.4, -0.2) is 25.6 Å². The summed E-state index contributed by atoms with van der Waals surface area (Å²) in [6.45, 7) is 8.55. The number of aryl methyl sites for hydroxylation is 1. The average molecular weight is 459 g/mol. The first-order chi connectivity index (χ1) is 14.3. The molecule has 2 atom stereocenters. The van der Waals surface area contributed by atoms with Gasteiger partial charge in [-0.05, 0) is 81.9 Å². The van der Waals surface area contributed by atoms with E-state index in [-0.39, 0.29) is 18.1 Å².